The summed E-state index contributed by atoms with van der Waals surface area (Å²) in [4.78, 5) is 12.0. The fourth-order valence-electron chi connectivity index (χ4n) is 2.19. The highest BCUT2D eigenvalue weighted by atomic mass is 35.5. The van der Waals surface area contributed by atoms with Crippen LogP contribution in [0.25, 0.3) is 0 Å². The van der Waals surface area contributed by atoms with E-state index in [9.17, 15) is 4.79 Å². The molecular weight excluding hydrogens is 257 g/mol. The van der Waals surface area contributed by atoms with Gasteiger partial charge in [0, 0.05) is 6.04 Å². The van der Waals surface area contributed by atoms with Gasteiger partial charge in [-0.15, -0.1) is 0 Å². The van der Waals surface area contributed by atoms with Crippen LogP contribution >= 0.6 is 23.2 Å². The minimum atomic E-state index is -0.121. The van der Waals surface area contributed by atoms with Crippen molar-refractivity contribution in [2.24, 2.45) is 0 Å². The molecule has 1 aromatic rings. The molecule has 0 unspecified atom stereocenters. The van der Waals surface area contributed by atoms with Gasteiger partial charge in [-0.05, 0) is 25.0 Å². The molecule has 0 saturated heterocycles. The molecule has 2 nitrogen and oxygen atoms in total. The molecule has 0 aliphatic heterocycles. The Morgan fingerprint density at radius 2 is 1.88 bits per heavy atom. The van der Waals surface area contributed by atoms with E-state index in [-0.39, 0.29) is 11.9 Å². The molecule has 1 aromatic carbocycles. The molecule has 4 heteroatoms. The lowest BCUT2D eigenvalue weighted by molar-refractivity contribution is 0.0928. The van der Waals surface area contributed by atoms with Gasteiger partial charge in [-0.25, -0.2) is 0 Å². The standard InChI is InChI=1S/C13H15Cl2NO/c14-11-8-4-7-10(12(11)15)13(17)16-9-5-2-1-3-6-9/h4,7-9H,1-3,5-6H2,(H,16,17). The van der Waals surface area contributed by atoms with Gasteiger partial charge < -0.3 is 5.32 Å². The largest absolute Gasteiger partial charge is 0.349 e. The first-order valence-electron chi connectivity index (χ1n) is 5.93. The number of nitrogens with one attached hydrogen (secondary N) is 1. The van der Waals surface area contributed by atoms with E-state index in [1.54, 1.807) is 18.2 Å². The molecule has 0 spiro atoms. The van der Waals surface area contributed by atoms with Crippen LogP contribution in [0, 0.1) is 0 Å². The summed E-state index contributed by atoms with van der Waals surface area (Å²) in [7, 11) is 0. The summed E-state index contributed by atoms with van der Waals surface area (Å²) in [5, 5.41) is 3.78. The smallest absolute Gasteiger partial charge is 0.253 e. The Hall–Kier alpha value is -0.730. The molecule has 0 radical (unpaired) electrons. The van der Waals surface area contributed by atoms with Crippen molar-refractivity contribution in [3.05, 3.63) is 33.8 Å². The predicted octanol–water partition coefficient (Wildman–Crippen LogP) is 4.06. The van der Waals surface area contributed by atoms with E-state index in [0.717, 1.165) is 12.8 Å². The van der Waals surface area contributed by atoms with E-state index in [4.69, 9.17) is 23.2 Å². The van der Waals surface area contributed by atoms with Crippen LogP contribution in [0.1, 0.15) is 42.5 Å². The molecule has 1 aliphatic carbocycles. The third-order valence-electron chi connectivity index (χ3n) is 3.14. The Kier molecular flexibility index (Phi) is 4.30. The van der Waals surface area contributed by atoms with Crippen molar-refractivity contribution in [1.29, 1.82) is 0 Å². The molecule has 2 rings (SSSR count). The maximum Gasteiger partial charge on any atom is 0.253 e. The van der Waals surface area contributed by atoms with E-state index in [1.165, 1.54) is 19.3 Å². The summed E-state index contributed by atoms with van der Waals surface area (Å²) >= 11 is 11.9. The monoisotopic (exact) mass is 271 g/mol. The molecule has 1 amide bonds. The summed E-state index contributed by atoms with van der Waals surface area (Å²) in [5.41, 5.74) is 0.463. The molecule has 0 atom stereocenters. The Balaban J connectivity index is 2.06. The van der Waals surface area contributed by atoms with Crippen molar-refractivity contribution in [3.63, 3.8) is 0 Å². The molecule has 1 saturated carbocycles. The molecule has 92 valence electrons. The highest BCUT2D eigenvalue weighted by Gasteiger charge is 2.18. The van der Waals surface area contributed by atoms with Crippen LogP contribution in [0.4, 0.5) is 0 Å². The van der Waals surface area contributed by atoms with Gasteiger partial charge in [0.2, 0.25) is 0 Å². The zero-order valence-electron chi connectivity index (χ0n) is 9.51. The molecule has 17 heavy (non-hydrogen) atoms. The number of amides is 1. The van der Waals surface area contributed by atoms with Crippen LogP contribution in [0.3, 0.4) is 0 Å². The minimum Gasteiger partial charge on any atom is -0.349 e. The van der Waals surface area contributed by atoms with Crippen molar-refractivity contribution < 1.29 is 4.79 Å². The second kappa shape index (κ2) is 5.74. The normalized spacial score (nSPS) is 16.8. The first-order chi connectivity index (χ1) is 8.18. The quantitative estimate of drug-likeness (QED) is 0.864. The zero-order chi connectivity index (χ0) is 12.3. The zero-order valence-corrected chi connectivity index (χ0v) is 11.0. The van der Waals surface area contributed by atoms with E-state index < -0.39 is 0 Å². The second-order valence-corrected chi connectivity index (χ2v) is 5.19. The van der Waals surface area contributed by atoms with Crippen LogP contribution in [-0.4, -0.2) is 11.9 Å². The van der Waals surface area contributed by atoms with Gasteiger partial charge in [0.05, 0.1) is 15.6 Å². The third-order valence-corrected chi connectivity index (χ3v) is 3.96. The number of benzene rings is 1. The van der Waals surface area contributed by atoms with Gasteiger partial charge in [0.1, 0.15) is 0 Å². The first kappa shape index (κ1) is 12.7. The summed E-state index contributed by atoms with van der Waals surface area (Å²) in [6.45, 7) is 0. The average Bonchev–Trinajstić information content (AvgIpc) is 2.34. The molecular formula is C13H15Cl2NO. The lowest BCUT2D eigenvalue weighted by atomic mass is 9.95. The Labute approximate surface area is 111 Å². The Bertz CT molecular complexity index is 414. The lowest BCUT2D eigenvalue weighted by Gasteiger charge is -2.23. The maximum absolute atomic E-state index is 12.0. The van der Waals surface area contributed by atoms with Crippen molar-refractivity contribution in [3.8, 4) is 0 Å². The first-order valence-corrected chi connectivity index (χ1v) is 6.69. The lowest BCUT2D eigenvalue weighted by Crippen LogP contribution is -2.36. The van der Waals surface area contributed by atoms with Crippen LogP contribution in [0.5, 0.6) is 0 Å². The van der Waals surface area contributed by atoms with E-state index in [0.29, 0.717) is 15.6 Å². The van der Waals surface area contributed by atoms with E-state index in [2.05, 4.69) is 5.32 Å². The van der Waals surface area contributed by atoms with Gasteiger partial charge in [-0.1, -0.05) is 48.5 Å². The fraction of sp³-hybridized carbons (Fsp3) is 0.462. The van der Waals surface area contributed by atoms with E-state index in [1.807, 2.05) is 0 Å². The Morgan fingerprint density at radius 3 is 2.59 bits per heavy atom. The highest BCUT2D eigenvalue weighted by molar-refractivity contribution is 6.43. The van der Waals surface area contributed by atoms with Gasteiger partial charge in [-0.3, -0.25) is 4.79 Å². The van der Waals surface area contributed by atoms with Crippen LogP contribution in [-0.2, 0) is 0 Å². The number of hydrogen-bond donors (Lipinski definition) is 1. The number of halogens is 2. The number of hydrogen-bond acceptors (Lipinski definition) is 1. The summed E-state index contributed by atoms with van der Waals surface area (Å²) in [6, 6.07) is 5.41. The summed E-state index contributed by atoms with van der Waals surface area (Å²) in [6.07, 6.45) is 5.76. The molecule has 0 heterocycles. The SMILES string of the molecule is O=C(NC1CCCCC1)c1cccc(Cl)c1Cl. The number of carbonyl (C=O) groups excluding carboxylic acids is 1. The topological polar surface area (TPSA) is 29.1 Å². The van der Waals surface area contributed by atoms with Crippen LogP contribution < -0.4 is 5.32 Å². The molecule has 1 fully saturated rings. The number of rotatable bonds is 2. The van der Waals surface area contributed by atoms with Crippen LogP contribution in [0.15, 0.2) is 18.2 Å². The average molecular weight is 272 g/mol. The maximum atomic E-state index is 12.0. The molecule has 0 bridgehead atoms. The molecule has 0 aromatic heterocycles. The summed E-state index contributed by atoms with van der Waals surface area (Å²) in [5.74, 6) is -0.121. The summed E-state index contributed by atoms with van der Waals surface area (Å²) < 4.78 is 0. The fourth-order valence-corrected chi connectivity index (χ4v) is 2.58. The van der Waals surface area contributed by atoms with Crippen molar-refractivity contribution in [2.75, 3.05) is 0 Å². The van der Waals surface area contributed by atoms with Crippen LogP contribution in [0.2, 0.25) is 10.0 Å². The van der Waals surface area contributed by atoms with Crippen molar-refractivity contribution in [2.45, 2.75) is 38.1 Å². The minimum absolute atomic E-state index is 0.121. The Morgan fingerprint density at radius 1 is 1.18 bits per heavy atom. The van der Waals surface area contributed by atoms with Crippen molar-refractivity contribution >= 4 is 29.1 Å². The van der Waals surface area contributed by atoms with Crippen molar-refractivity contribution in [1.82, 2.24) is 5.32 Å². The number of carbonyl (C=O) groups is 1. The van der Waals surface area contributed by atoms with Gasteiger partial charge in [0.25, 0.3) is 5.91 Å². The van der Waals surface area contributed by atoms with E-state index >= 15 is 0 Å². The third kappa shape index (κ3) is 3.14. The predicted molar refractivity (Wildman–Crippen MR) is 70.8 cm³/mol. The second-order valence-electron chi connectivity index (χ2n) is 4.41. The molecule has 1 N–H and O–H groups in total. The van der Waals surface area contributed by atoms with Gasteiger partial charge >= 0.3 is 0 Å². The van der Waals surface area contributed by atoms with Gasteiger partial charge in [-0.2, -0.15) is 0 Å². The van der Waals surface area contributed by atoms with Gasteiger partial charge in [0.15, 0.2) is 0 Å². The highest BCUT2D eigenvalue weighted by Crippen LogP contribution is 2.26. The molecule has 1 aliphatic rings.